The first-order chi connectivity index (χ1) is 16.5. The minimum Gasteiger partial charge on any atom is -0.383 e. The highest BCUT2D eigenvalue weighted by Crippen LogP contribution is 2.45. The van der Waals surface area contributed by atoms with Crippen LogP contribution < -0.4 is 0 Å². The normalized spacial score (nSPS) is 25.1. The monoisotopic (exact) mass is 460 g/mol. The molecule has 2 aliphatic heterocycles. The van der Waals surface area contributed by atoms with Crippen LogP contribution in [0.25, 0.3) is 11.1 Å². The first kappa shape index (κ1) is 22.8. The summed E-state index contributed by atoms with van der Waals surface area (Å²) in [5.41, 5.74) is 1.74. The third kappa shape index (κ3) is 4.16. The van der Waals surface area contributed by atoms with Gasteiger partial charge >= 0.3 is 0 Å². The van der Waals surface area contributed by atoms with Crippen molar-refractivity contribution in [1.29, 1.82) is 0 Å². The van der Waals surface area contributed by atoms with Gasteiger partial charge in [0.05, 0.1) is 18.1 Å². The number of hydrogen-bond acceptors (Lipinski definition) is 4. The Morgan fingerprint density at radius 1 is 0.971 bits per heavy atom. The lowest BCUT2D eigenvalue weighted by Gasteiger charge is -2.37. The average molecular weight is 461 g/mol. The zero-order chi connectivity index (χ0) is 23.7. The summed E-state index contributed by atoms with van der Waals surface area (Å²) in [6, 6.07) is 17.9. The van der Waals surface area contributed by atoms with Crippen LogP contribution in [-0.4, -0.2) is 59.9 Å². The average Bonchev–Trinajstić information content (AvgIpc) is 3.66. The van der Waals surface area contributed by atoms with Gasteiger partial charge in [0.1, 0.15) is 0 Å². The van der Waals surface area contributed by atoms with Gasteiger partial charge in [-0.15, -0.1) is 0 Å². The quantitative estimate of drug-likeness (QED) is 0.587. The second-order valence-corrected chi connectivity index (χ2v) is 9.87. The molecular weight excluding hydrogens is 428 g/mol. The summed E-state index contributed by atoms with van der Waals surface area (Å²) in [5.74, 6) is -0.423. The van der Waals surface area contributed by atoms with Crippen LogP contribution in [0.4, 0.5) is 0 Å². The van der Waals surface area contributed by atoms with Gasteiger partial charge in [0.2, 0.25) is 17.7 Å². The molecule has 5 rings (SSSR count). The number of amides is 3. The molecule has 3 aliphatic rings. The third-order valence-corrected chi connectivity index (χ3v) is 7.57. The van der Waals surface area contributed by atoms with Crippen LogP contribution in [0.15, 0.2) is 54.6 Å². The van der Waals surface area contributed by atoms with Crippen molar-refractivity contribution in [2.75, 3.05) is 20.3 Å². The van der Waals surface area contributed by atoms with Gasteiger partial charge in [-0.05, 0) is 48.8 Å². The van der Waals surface area contributed by atoms with Crippen molar-refractivity contribution in [2.24, 2.45) is 0 Å². The summed E-state index contributed by atoms with van der Waals surface area (Å²) in [4.78, 5) is 43.8. The van der Waals surface area contributed by atoms with Crippen LogP contribution >= 0.6 is 0 Å². The first-order valence-corrected chi connectivity index (χ1v) is 12.3. The maximum atomic E-state index is 13.8. The van der Waals surface area contributed by atoms with E-state index in [4.69, 9.17) is 4.74 Å². The lowest BCUT2D eigenvalue weighted by atomic mass is 9.75. The van der Waals surface area contributed by atoms with Crippen LogP contribution in [-0.2, 0) is 24.5 Å². The molecule has 3 fully saturated rings. The largest absolute Gasteiger partial charge is 0.383 e. The van der Waals surface area contributed by atoms with Crippen molar-refractivity contribution < 1.29 is 19.1 Å². The van der Waals surface area contributed by atoms with Crippen molar-refractivity contribution in [2.45, 2.75) is 62.4 Å². The summed E-state index contributed by atoms with van der Waals surface area (Å²) >= 11 is 0. The van der Waals surface area contributed by atoms with E-state index in [1.807, 2.05) is 59.5 Å². The molecule has 6 heteroatoms. The summed E-state index contributed by atoms with van der Waals surface area (Å²) in [7, 11) is 1.65. The van der Waals surface area contributed by atoms with E-state index < -0.39 is 5.41 Å². The molecule has 6 nitrogen and oxygen atoms in total. The lowest BCUT2D eigenvalue weighted by molar-refractivity contribution is -0.144. The van der Waals surface area contributed by atoms with E-state index in [2.05, 4.69) is 0 Å². The molecule has 0 unspecified atom stereocenters. The molecule has 2 aromatic rings. The second-order valence-electron chi connectivity index (χ2n) is 9.87. The van der Waals surface area contributed by atoms with Crippen molar-refractivity contribution >= 4 is 17.7 Å². The predicted octanol–water partition coefficient (Wildman–Crippen LogP) is 3.93. The fourth-order valence-corrected chi connectivity index (χ4v) is 5.60. The fourth-order valence-electron chi connectivity index (χ4n) is 5.60. The number of imide groups is 1. The van der Waals surface area contributed by atoms with Crippen LogP contribution in [0.2, 0.25) is 0 Å². The van der Waals surface area contributed by atoms with E-state index in [1.54, 1.807) is 7.11 Å². The number of carbonyl (C=O) groups is 3. The molecule has 3 amide bonds. The van der Waals surface area contributed by atoms with Crippen LogP contribution in [0, 0.1) is 0 Å². The third-order valence-electron chi connectivity index (χ3n) is 7.57. The van der Waals surface area contributed by atoms with Gasteiger partial charge in [-0.2, -0.15) is 0 Å². The van der Waals surface area contributed by atoms with E-state index in [1.165, 1.54) is 4.90 Å². The Morgan fingerprint density at radius 3 is 2.35 bits per heavy atom. The van der Waals surface area contributed by atoms with Gasteiger partial charge in [-0.1, -0.05) is 54.6 Å². The molecule has 1 saturated carbocycles. The van der Waals surface area contributed by atoms with Gasteiger partial charge in [0.25, 0.3) is 0 Å². The molecule has 0 aromatic heterocycles. The molecule has 34 heavy (non-hydrogen) atoms. The Hall–Kier alpha value is -2.99. The molecule has 178 valence electrons. The van der Waals surface area contributed by atoms with Crippen molar-refractivity contribution in [3.8, 4) is 11.1 Å². The van der Waals surface area contributed by atoms with E-state index in [0.717, 1.165) is 48.8 Å². The lowest BCUT2D eigenvalue weighted by Crippen LogP contribution is -2.49. The highest BCUT2D eigenvalue weighted by atomic mass is 16.5. The van der Waals surface area contributed by atoms with E-state index in [0.29, 0.717) is 13.2 Å². The van der Waals surface area contributed by atoms with Crippen molar-refractivity contribution in [1.82, 2.24) is 9.80 Å². The zero-order valence-electron chi connectivity index (χ0n) is 19.7. The number of nitrogens with zero attached hydrogens (tertiary/aromatic N) is 2. The minimum absolute atomic E-state index is 0.00297. The summed E-state index contributed by atoms with van der Waals surface area (Å²) in [6.45, 7) is 1.16. The van der Waals surface area contributed by atoms with Gasteiger partial charge < -0.3 is 9.64 Å². The molecule has 2 saturated heterocycles. The Bertz CT molecular complexity index is 1060. The molecule has 0 bridgehead atoms. The standard InChI is InChI=1S/C28H32N2O4/c1-34-19-24-9-5-6-16-29(24)25(31)17-28(18-26(32)30(27(28)33)23-14-15-23)22-12-10-21(11-13-22)20-7-3-2-4-8-20/h2-4,7-8,10-13,23-24H,5-6,9,14-19H2,1H3/t24-,28+/m1/s1. The van der Waals surface area contributed by atoms with Crippen molar-refractivity contribution in [3.05, 3.63) is 60.2 Å². The number of benzene rings is 2. The molecule has 2 aromatic carbocycles. The Kier molecular flexibility index (Phi) is 6.26. The highest BCUT2D eigenvalue weighted by Gasteiger charge is 2.57. The molecular formula is C28H32N2O4. The fraction of sp³-hybridized carbons (Fsp3) is 0.464. The Morgan fingerprint density at radius 2 is 1.68 bits per heavy atom. The second kappa shape index (κ2) is 9.34. The smallest absolute Gasteiger partial charge is 0.241 e. The Labute approximate surface area is 200 Å². The van der Waals surface area contributed by atoms with Gasteiger partial charge in [-0.25, -0.2) is 0 Å². The Balaban J connectivity index is 1.48. The van der Waals surface area contributed by atoms with Gasteiger partial charge in [-0.3, -0.25) is 19.3 Å². The number of likely N-dealkylation sites (tertiary alicyclic amines) is 2. The van der Waals surface area contributed by atoms with Crippen molar-refractivity contribution in [3.63, 3.8) is 0 Å². The van der Waals surface area contributed by atoms with E-state index in [9.17, 15) is 14.4 Å². The summed E-state index contributed by atoms with van der Waals surface area (Å²) in [5, 5.41) is 0. The summed E-state index contributed by atoms with van der Waals surface area (Å²) in [6.07, 6.45) is 4.71. The maximum Gasteiger partial charge on any atom is 0.241 e. The SMILES string of the molecule is COC[C@H]1CCCCN1C(=O)C[C@@]1(c2ccc(-c3ccccc3)cc2)CC(=O)N(C2CC2)C1=O. The van der Waals surface area contributed by atoms with Crippen LogP contribution in [0.3, 0.4) is 0 Å². The molecule has 0 N–H and O–H groups in total. The minimum atomic E-state index is -1.14. The number of carbonyl (C=O) groups excluding carboxylic acids is 3. The maximum absolute atomic E-state index is 13.8. The molecule has 2 atom stereocenters. The number of hydrogen-bond donors (Lipinski definition) is 0. The van der Waals surface area contributed by atoms with Crippen LogP contribution in [0.1, 0.15) is 50.5 Å². The molecule has 1 aliphatic carbocycles. The predicted molar refractivity (Wildman–Crippen MR) is 129 cm³/mol. The molecule has 0 radical (unpaired) electrons. The molecule has 2 heterocycles. The number of ether oxygens (including phenoxy) is 1. The van der Waals surface area contributed by atoms with Gasteiger partial charge in [0, 0.05) is 32.5 Å². The number of piperidine rings is 1. The summed E-state index contributed by atoms with van der Waals surface area (Å²) < 4.78 is 5.37. The number of methoxy groups -OCH3 is 1. The topological polar surface area (TPSA) is 66.9 Å². The van der Waals surface area contributed by atoms with Gasteiger partial charge in [0.15, 0.2) is 0 Å². The molecule has 0 spiro atoms. The van der Waals surface area contributed by atoms with E-state index in [-0.39, 0.29) is 42.6 Å². The van der Waals surface area contributed by atoms with E-state index >= 15 is 0 Å². The zero-order valence-corrected chi connectivity index (χ0v) is 19.7. The first-order valence-electron chi connectivity index (χ1n) is 12.3. The highest BCUT2D eigenvalue weighted by molar-refractivity contribution is 6.11. The van der Waals surface area contributed by atoms with Crippen LogP contribution in [0.5, 0.6) is 0 Å². The number of rotatable bonds is 7.